The second kappa shape index (κ2) is 6.99. The van der Waals surface area contributed by atoms with Crippen molar-refractivity contribution >= 4 is 35.0 Å². The molecular weight excluding hydrogens is 346 g/mol. The van der Waals surface area contributed by atoms with E-state index in [1.165, 1.54) is 11.8 Å². The SMILES string of the molecule is Cc1ccc(NC(=O)C(C)Sc2nc3c(c(=O)[nH]2)CCC3)cc1Cl. The smallest absolute Gasteiger partial charge is 0.254 e. The molecule has 7 heteroatoms. The van der Waals surface area contributed by atoms with Gasteiger partial charge in [0.2, 0.25) is 5.91 Å². The van der Waals surface area contributed by atoms with Gasteiger partial charge in [0.1, 0.15) is 0 Å². The lowest BCUT2D eigenvalue weighted by Gasteiger charge is -2.12. The van der Waals surface area contributed by atoms with Gasteiger partial charge in [0.25, 0.3) is 5.56 Å². The summed E-state index contributed by atoms with van der Waals surface area (Å²) in [6.45, 7) is 3.69. The van der Waals surface area contributed by atoms with Gasteiger partial charge in [0.15, 0.2) is 5.16 Å². The van der Waals surface area contributed by atoms with E-state index < -0.39 is 5.25 Å². The highest BCUT2D eigenvalue weighted by atomic mass is 35.5. The number of hydrogen-bond acceptors (Lipinski definition) is 4. The minimum absolute atomic E-state index is 0.0853. The van der Waals surface area contributed by atoms with Crippen LogP contribution in [0.25, 0.3) is 0 Å². The number of thioether (sulfide) groups is 1. The van der Waals surface area contributed by atoms with Crippen LogP contribution in [0, 0.1) is 6.92 Å². The van der Waals surface area contributed by atoms with Crippen LogP contribution in [0.3, 0.4) is 0 Å². The van der Waals surface area contributed by atoms with E-state index in [0.29, 0.717) is 15.9 Å². The number of rotatable bonds is 4. The lowest BCUT2D eigenvalue weighted by atomic mass is 10.2. The van der Waals surface area contributed by atoms with Crippen molar-refractivity contribution in [2.75, 3.05) is 5.32 Å². The first kappa shape index (κ1) is 17.0. The maximum Gasteiger partial charge on any atom is 0.254 e. The molecule has 1 aromatic carbocycles. The number of H-pyrrole nitrogens is 1. The molecule has 0 radical (unpaired) electrons. The summed E-state index contributed by atoms with van der Waals surface area (Å²) in [6, 6.07) is 5.39. The van der Waals surface area contributed by atoms with Crippen LogP contribution in [0.15, 0.2) is 28.2 Å². The number of anilines is 1. The molecule has 1 aliphatic carbocycles. The Kier molecular flexibility index (Phi) is 4.96. The zero-order chi connectivity index (χ0) is 17.3. The van der Waals surface area contributed by atoms with Gasteiger partial charge < -0.3 is 10.3 Å². The average Bonchev–Trinajstić information content (AvgIpc) is 3.00. The largest absolute Gasteiger partial charge is 0.325 e. The van der Waals surface area contributed by atoms with Gasteiger partial charge in [-0.25, -0.2) is 4.98 Å². The zero-order valence-corrected chi connectivity index (χ0v) is 15.1. The number of carbonyl (C=O) groups is 1. The minimum atomic E-state index is -0.396. The van der Waals surface area contributed by atoms with Crippen molar-refractivity contribution in [1.82, 2.24) is 9.97 Å². The fourth-order valence-corrected chi connectivity index (χ4v) is 3.61. The van der Waals surface area contributed by atoms with Crippen molar-refractivity contribution in [3.63, 3.8) is 0 Å². The van der Waals surface area contributed by atoms with Crippen molar-refractivity contribution in [1.29, 1.82) is 0 Å². The zero-order valence-electron chi connectivity index (χ0n) is 13.5. The standard InChI is InChI=1S/C17H18ClN3O2S/c1-9-6-7-11(8-13(9)18)19-15(22)10(2)24-17-20-14-5-3-4-12(14)16(23)21-17/h6-8,10H,3-5H2,1-2H3,(H,19,22)(H,20,21,23). The van der Waals surface area contributed by atoms with E-state index >= 15 is 0 Å². The van der Waals surface area contributed by atoms with Gasteiger partial charge in [-0.2, -0.15) is 0 Å². The lowest BCUT2D eigenvalue weighted by Crippen LogP contribution is -2.23. The third kappa shape index (κ3) is 3.65. The molecule has 1 aromatic heterocycles. The first-order valence-electron chi connectivity index (χ1n) is 7.80. The number of carbonyl (C=O) groups excluding carboxylic acids is 1. The summed E-state index contributed by atoms with van der Waals surface area (Å²) in [4.78, 5) is 31.6. The number of fused-ring (bicyclic) bond motifs is 1. The number of hydrogen-bond donors (Lipinski definition) is 2. The molecule has 3 rings (SSSR count). The van der Waals surface area contributed by atoms with Crippen molar-refractivity contribution in [3.8, 4) is 0 Å². The molecule has 2 aromatic rings. The van der Waals surface area contributed by atoms with Crippen LogP contribution >= 0.6 is 23.4 Å². The van der Waals surface area contributed by atoms with Crippen molar-refractivity contribution < 1.29 is 4.79 Å². The first-order valence-corrected chi connectivity index (χ1v) is 9.05. The highest BCUT2D eigenvalue weighted by Gasteiger charge is 2.20. The van der Waals surface area contributed by atoms with Crippen LogP contribution in [0.1, 0.15) is 30.2 Å². The number of nitrogens with one attached hydrogen (secondary N) is 2. The van der Waals surface area contributed by atoms with Gasteiger partial charge in [-0.1, -0.05) is 29.4 Å². The third-order valence-corrected chi connectivity index (χ3v) is 5.41. The Morgan fingerprint density at radius 2 is 2.21 bits per heavy atom. The summed E-state index contributed by atoms with van der Waals surface area (Å²) in [5.74, 6) is -0.164. The van der Waals surface area contributed by atoms with E-state index in [0.717, 1.165) is 36.1 Å². The predicted molar refractivity (Wildman–Crippen MR) is 97.0 cm³/mol. The van der Waals surface area contributed by atoms with Crippen LogP contribution < -0.4 is 10.9 Å². The van der Waals surface area contributed by atoms with E-state index in [2.05, 4.69) is 15.3 Å². The summed E-state index contributed by atoms with van der Waals surface area (Å²) in [5.41, 5.74) is 3.17. The number of aromatic nitrogens is 2. The second-order valence-electron chi connectivity index (χ2n) is 5.86. The average molecular weight is 364 g/mol. The molecule has 2 N–H and O–H groups in total. The second-order valence-corrected chi connectivity index (χ2v) is 7.60. The number of aromatic amines is 1. The maximum atomic E-state index is 12.3. The van der Waals surface area contributed by atoms with Gasteiger partial charge in [0, 0.05) is 16.3 Å². The summed E-state index contributed by atoms with van der Waals surface area (Å²) in [5, 5.41) is 3.54. The van der Waals surface area contributed by atoms with Gasteiger partial charge >= 0.3 is 0 Å². The molecule has 5 nitrogen and oxygen atoms in total. The topological polar surface area (TPSA) is 74.8 Å². The van der Waals surface area contributed by atoms with E-state index in [4.69, 9.17) is 11.6 Å². The Labute approximate surface area is 149 Å². The van der Waals surface area contributed by atoms with Crippen LogP contribution in [0.5, 0.6) is 0 Å². The van der Waals surface area contributed by atoms with E-state index in [9.17, 15) is 9.59 Å². The van der Waals surface area contributed by atoms with E-state index in [1.807, 2.05) is 19.1 Å². The summed E-state index contributed by atoms with van der Waals surface area (Å²) in [6.07, 6.45) is 2.58. The van der Waals surface area contributed by atoms with Gasteiger partial charge in [-0.15, -0.1) is 0 Å². The summed E-state index contributed by atoms with van der Waals surface area (Å²) in [7, 11) is 0. The predicted octanol–water partition coefficient (Wildman–Crippen LogP) is 3.34. The third-order valence-electron chi connectivity index (χ3n) is 4.02. The lowest BCUT2D eigenvalue weighted by molar-refractivity contribution is -0.115. The molecule has 1 amide bonds. The molecule has 0 saturated carbocycles. The molecule has 1 atom stereocenters. The van der Waals surface area contributed by atoms with Crippen LogP contribution in [0.4, 0.5) is 5.69 Å². The highest BCUT2D eigenvalue weighted by molar-refractivity contribution is 8.00. The quantitative estimate of drug-likeness (QED) is 0.645. The Bertz CT molecular complexity index is 850. The van der Waals surface area contributed by atoms with Crippen LogP contribution in [0.2, 0.25) is 5.02 Å². The van der Waals surface area contributed by atoms with Crippen molar-refractivity contribution in [2.24, 2.45) is 0 Å². The number of aryl methyl sites for hydroxylation is 2. The van der Waals surface area contributed by atoms with E-state index in [1.54, 1.807) is 13.0 Å². The van der Waals surface area contributed by atoms with Crippen LogP contribution in [-0.2, 0) is 17.6 Å². The van der Waals surface area contributed by atoms with Crippen molar-refractivity contribution in [3.05, 3.63) is 50.4 Å². The van der Waals surface area contributed by atoms with Gasteiger partial charge in [0.05, 0.1) is 10.9 Å². The molecule has 0 spiro atoms. The molecule has 0 aliphatic heterocycles. The number of benzene rings is 1. The molecule has 1 heterocycles. The fourth-order valence-electron chi connectivity index (χ4n) is 2.61. The van der Waals surface area contributed by atoms with Gasteiger partial charge in [-0.3, -0.25) is 9.59 Å². The monoisotopic (exact) mass is 363 g/mol. The molecule has 126 valence electrons. The summed E-state index contributed by atoms with van der Waals surface area (Å²) < 4.78 is 0. The molecule has 0 fully saturated rings. The fraction of sp³-hybridized carbons (Fsp3) is 0.353. The Hall–Kier alpha value is -1.79. The van der Waals surface area contributed by atoms with Gasteiger partial charge in [-0.05, 0) is 50.8 Å². The Morgan fingerprint density at radius 1 is 1.42 bits per heavy atom. The summed E-state index contributed by atoms with van der Waals surface area (Å²) >= 11 is 7.32. The molecule has 1 aliphatic rings. The Morgan fingerprint density at radius 3 is 2.96 bits per heavy atom. The molecule has 0 bridgehead atoms. The molecular formula is C17H18ClN3O2S. The van der Waals surface area contributed by atoms with E-state index in [-0.39, 0.29) is 11.5 Å². The number of halogens is 1. The minimum Gasteiger partial charge on any atom is -0.325 e. The maximum absolute atomic E-state index is 12.3. The first-order chi connectivity index (χ1) is 11.4. The molecule has 0 saturated heterocycles. The number of amides is 1. The normalized spacial score (nSPS) is 14.3. The van der Waals surface area contributed by atoms with Crippen molar-refractivity contribution in [2.45, 2.75) is 43.5 Å². The number of nitrogens with zero attached hydrogens (tertiary/aromatic N) is 1. The highest BCUT2D eigenvalue weighted by Crippen LogP contribution is 2.24. The Balaban J connectivity index is 1.69. The molecule has 24 heavy (non-hydrogen) atoms. The van der Waals surface area contributed by atoms with Crippen LogP contribution in [-0.4, -0.2) is 21.1 Å². The molecule has 1 unspecified atom stereocenters.